The number of aromatic nitrogens is 1. The lowest BCUT2D eigenvalue weighted by Crippen LogP contribution is -2.45. The number of carbonyl (C=O) groups is 2. The van der Waals surface area contributed by atoms with Crippen LogP contribution in [-0.2, 0) is 25.6 Å². The van der Waals surface area contributed by atoms with Gasteiger partial charge in [-0.1, -0.05) is 29.3 Å². The van der Waals surface area contributed by atoms with Crippen molar-refractivity contribution < 1.29 is 19.1 Å². The highest BCUT2D eigenvalue weighted by molar-refractivity contribution is 7.07. The molecule has 1 aromatic heterocycles. The van der Waals surface area contributed by atoms with E-state index in [2.05, 4.69) is 0 Å². The van der Waals surface area contributed by atoms with Crippen LogP contribution in [0.1, 0.15) is 12.5 Å². The molecule has 3 rings (SSSR count). The summed E-state index contributed by atoms with van der Waals surface area (Å²) in [5, 5.41) is 0.871. The highest BCUT2D eigenvalue weighted by Crippen LogP contribution is 2.21. The van der Waals surface area contributed by atoms with Gasteiger partial charge in [-0.2, -0.15) is 0 Å². The maximum absolute atomic E-state index is 13.0. The maximum Gasteiger partial charge on any atom is 0.333 e. The van der Waals surface area contributed by atoms with E-state index in [1.165, 1.54) is 10.6 Å². The fourth-order valence-electron chi connectivity index (χ4n) is 2.89. The Balaban J connectivity index is 2.05. The fourth-order valence-corrected chi connectivity index (χ4v) is 4.37. The first-order valence-corrected chi connectivity index (χ1v) is 10.9. The molecule has 0 N–H and O–H groups in total. The third-order valence-electron chi connectivity index (χ3n) is 4.37. The molecule has 2 heterocycles. The summed E-state index contributed by atoms with van der Waals surface area (Å²) in [6.45, 7) is 3.57. The zero-order chi connectivity index (χ0) is 21.7. The number of morpholine rings is 1. The van der Waals surface area contributed by atoms with E-state index in [-0.39, 0.29) is 24.6 Å². The van der Waals surface area contributed by atoms with Crippen LogP contribution in [0.5, 0.6) is 0 Å². The number of hydrogen-bond acceptors (Lipinski definition) is 6. The summed E-state index contributed by atoms with van der Waals surface area (Å²) in [5.74, 6) is -0.796. The van der Waals surface area contributed by atoms with Crippen molar-refractivity contribution in [2.24, 2.45) is 0 Å². The second-order valence-electron chi connectivity index (χ2n) is 6.40. The Bertz CT molecular complexity index is 1120. The number of carbonyl (C=O) groups excluding carboxylic acids is 2. The molecule has 0 radical (unpaired) electrons. The summed E-state index contributed by atoms with van der Waals surface area (Å²) in [6, 6.07) is 4.94. The van der Waals surface area contributed by atoms with Crippen LogP contribution in [0.25, 0.3) is 12.2 Å². The van der Waals surface area contributed by atoms with Gasteiger partial charge in [0.2, 0.25) is 5.91 Å². The smallest absolute Gasteiger partial charge is 0.333 e. The molecule has 30 heavy (non-hydrogen) atoms. The maximum atomic E-state index is 13.0. The molecular weight excluding hydrogens is 451 g/mol. The standard InChI is InChI=1S/C20H20Cl2N2O5S/c1-2-29-19(26)11-18-24(12-17(25)23-5-7-28-8-6-23)20(27)16(30-18)9-13-3-4-14(21)10-15(13)22/h3-4,9-11H,2,5-8,12H2,1H3. The predicted octanol–water partition coefficient (Wildman–Crippen LogP) is 1.25. The number of nitrogens with zero attached hydrogens (tertiary/aromatic N) is 2. The van der Waals surface area contributed by atoms with Crippen molar-refractivity contribution in [3.8, 4) is 0 Å². The average molecular weight is 471 g/mol. The van der Waals surface area contributed by atoms with Crippen molar-refractivity contribution in [1.82, 2.24) is 9.47 Å². The third kappa shape index (κ3) is 5.51. The minimum Gasteiger partial charge on any atom is -0.463 e. The molecule has 1 saturated heterocycles. The highest BCUT2D eigenvalue weighted by Gasteiger charge is 2.19. The lowest BCUT2D eigenvalue weighted by atomic mass is 10.2. The third-order valence-corrected chi connectivity index (χ3v) is 5.99. The molecule has 10 heteroatoms. The molecule has 1 fully saturated rings. The number of thiazole rings is 1. The van der Waals surface area contributed by atoms with Crippen LogP contribution in [0.2, 0.25) is 10.0 Å². The van der Waals surface area contributed by atoms with Crippen molar-refractivity contribution in [2.45, 2.75) is 13.5 Å². The molecule has 0 bridgehead atoms. The van der Waals surface area contributed by atoms with Crippen LogP contribution in [-0.4, -0.2) is 54.3 Å². The van der Waals surface area contributed by atoms with Gasteiger partial charge < -0.3 is 14.4 Å². The molecule has 1 amide bonds. The molecule has 1 aliphatic rings. The van der Waals surface area contributed by atoms with E-state index in [1.54, 1.807) is 36.1 Å². The summed E-state index contributed by atoms with van der Waals surface area (Å²) in [5.41, 5.74) is 0.219. The first-order chi connectivity index (χ1) is 14.4. The predicted molar refractivity (Wildman–Crippen MR) is 116 cm³/mol. The van der Waals surface area contributed by atoms with Crippen molar-refractivity contribution in [3.63, 3.8) is 0 Å². The summed E-state index contributed by atoms with van der Waals surface area (Å²) in [4.78, 5) is 39.3. The van der Waals surface area contributed by atoms with Gasteiger partial charge in [0.15, 0.2) is 0 Å². The second kappa shape index (κ2) is 10.3. The van der Waals surface area contributed by atoms with Gasteiger partial charge in [-0.25, -0.2) is 4.79 Å². The van der Waals surface area contributed by atoms with E-state index in [9.17, 15) is 14.4 Å². The number of amides is 1. The van der Waals surface area contributed by atoms with E-state index in [0.717, 1.165) is 11.3 Å². The summed E-state index contributed by atoms with van der Waals surface area (Å²) < 4.78 is 12.2. The minimum absolute atomic E-state index is 0.178. The first-order valence-electron chi connectivity index (χ1n) is 9.29. The molecule has 0 aliphatic carbocycles. The zero-order valence-electron chi connectivity index (χ0n) is 16.2. The molecule has 0 atom stereocenters. The van der Waals surface area contributed by atoms with Gasteiger partial charge in [0.1, 0.15) is 11.2 Å². The number of esters is 1. The Morgan fingerprint density at radius 1 is 1.27 bits per heavy atom. The van der Waals surface area contributed by atoms with E-state index in [4.69, 9.17) is 32.7 Å². The molecule has 160 valence electrons. The second-order valence-corrected chi connectivity index (χ2v) is 8.30. The monoisotopic (exact) mass is 470 g/mol. The van der Waals surface area contributed by atoms with E-state index in [0.29, 0.717) is 51.1 Å². The van der Waals surface area contributed by atoms with Gasteiger partial charge in [-0.15, -0.1) is 11.3 Å². The van der Waals surface area contributed by atoms with E-state index in [1.807, 2.05) is 0 Å². The van der Waals surface area contributed by atoms with E-state index < -0.39 is 5.97 Å². The van der Waals surface area contributed by atoms with Crippen molar-refractivity contribution in [3.05, 3.63) is 53.4 Å². The fraction of sp³-hybridized carbons (Fsp3) is 0.350. The lowest BCUT2D eigenvalue weighted by molar-refractivity contribution is -0.136. The van der Waals surface area contributed by atoms with Crippen molar-refractivity contribution >= 4 is 58.6 Å². The largest absolute Gasteiger partial charge is 0.463 e. The summed E-state index contributed by atoms with van der Waals surface area (Å²) >= 11 is 13.2. The van der Waals surface area contributed by atoms with Gasteiger partial charge in [0.25, 0.3) is 5.56 Å². The van der Waals surface area contributed by atoms with Crippen LogP contribution >= 0.6 is 34.5 Å². The van der Waals surface area contributed by atoms with Gasteiger partial charge in [-0.05, 0) is 30.7 Å². The van der Waals surface area contributed by atoms with Gasteiger partial charge in [0, 0.05) is 23.1 Å². The molecular formula is C20H20Cl2N2O5S. The Morgan fingerprint density at radius 2 is 2.00 bits per heavy atom. The number of ether oxygens (including phenoxy) is 2. The topological polar surface area (TPSA) is 77.8 Å². The summed E-state index contributed by atoms with van der Waals surface area (Å²) in [6.07, 6.45) is 2.84. The molecule has 1 aromatic carbocycles. The molecule has 0 unspecified atom stereocenters. The molecule has 2 aromatic rings. The Hall–Kier alpha value is -2.13. The normalized spacial score (nSPS) is 15.5. The van der Waals surface area contributed by atoms with Crippen molar-refractivity contribution in [2.75, 3.05) is 32.9 Å². The van der Waals surface area contributed by atoms with Crippen LogP contribution in [0.3, 0.4) is 0 Å². The Kier molecular flexibility index (Phi) is 7.71. The zero-order valence-corrected chi connectivity index (χ0v) is 18.6. The lowest BCUT2D eigenvalue weighted by Gasteiger charge is -2.26. The van der Waals surface area contributed by atoms with Crippen molar-refractivity contribution in [1.29, 1.82) is 0 Å². The quantitative estimate of drug-likeness (QED) is 0.614. The van der Waals surface area contributed by atoms with Gasteiger partial charge >= 0.3 is 5.97 Å². The number of hydrogen-bond donors (Lipinski definition) is 0. The van der Waals surface area contributed by atoms with Crippen LogP contribution in [0.4, 0.5) is 0 Å². The first kappa shape index (κ1) is 22.6. The van der Waals surface area contributed by atoms with Crippen LogP contribution in [0, 0.1) is 0 Å². The van der Waals surface area contributed by atoms with Gasteiger partial charge in [-0.3, -0.25) is 14.2 Å². The Morgan fingerprint density at radius 3 is 2.67 bits per heavy atom. The van der Waals surface area contributed by atoms with Crippen LogP contribution < -0.4 is 14.8 Å². The minimum atomic E-state index is -0.581. The molecule has 0 saturated carbocycles. The number of rotatable bonds is 5. The van der Waals surface area contributed by atoms with Gasteiger partial charge in [0.05, 0.1) is 30.4 Å². The van der Waals surface area contributed by atoms with E-state index >= 15 is 0 Å². The SMILES string of the molecule is CCOC(=O)C=c1sc(=Cc2ccc(Cl)cc2Cl)c(=O)n1CC(=O)N1CCOCC1. The molecule has 7 nitrogen and oxygen atoms in total. The molecule has 1 aliphatic heterocycles. The average Bonchev–Trinajstić information content (AvgIpc) is 2.99. The summed E-state index contributed by atoms with van der Waals surface area (Å²) in [7, 11) is 0. The number of halogens is 2. The molecule has 0 spiro atoms. The Labute approximate surface area is 186 Å². The number of benzene rings is 1. The van der Waals surface area contributed by atoms with Crippen LogP contribution in [0.15, 0.2) is 23.0 Å². The highest BCUT2D eigenvalue weighted by atomic mass is 35.5.